The summed E-state index contributed by atoms with van der Waals surface area (Å²) in [6, 6.07) is 3.07. The van der Waals surface area contributed by atoms with Gasteiger partial charge in [-0.3, -0.25) is 0 Å². The molecule has 0 aromatic heterocycles. The van der Waals surface area contributed by atoms with Gasteiger partial charge in [0.25, 0.3) is 0 Å². The second kappa shape index (κ2) is 10.6. The zero-order valence-corrected chi connectivity index (χ0v) is 15.9. The molecule has 0 aliphatic heterocycles. The van der Waals surface area contributed by atoms with Gasteiger partial charge < -0.3 is 10.5 Å². The van der Waals surface area contributed by atoms with Gasteiger partial charge in [0.2, 0.25) is 0 Å². The molecule has 20 heavy (non-hydrogen) atoms. The number of alkyl halides is 3. The van der Waals surface area contributed by atoms with E-state index >= 15 is 0 Å². The Labute approximate surface area is 154 Å². The zero-order valence-electron chi connectivity index (χ0n) is 9.82. The molecule has 0 heterocycles. The molecule has 0 aliphatic carbocycles. The van der Waals surface area contributed by atoms with Crippen molar-refractivity contribution in [1.29, 1.82) is 0 Å². The largest absolute Gasteiger partial charge is 0.679 e. The van der Waals surface area contributed by atoms with Gasteiger partial charge in [-0.05, 0) is 24.3 Å². The van der Waals surface area contributed by atoms with Crippen LogP contribution in [0.4, 0.5) is 13.2 Å². The summed E-state index contributed by atoms with van der Waals surface area (Å²) in [5.41, 5.74) is 5.83. The molecular weight excluding hydrogens is 484 g/mol. The number of sulfonamides is 1. The molecule has 113 valence electrons. The number of hydrogen-bond acceptors (Lipinski definition) is 2. The van der Waals surface area contributed by atoms with Crippen LogP contribution in [0.15, 0.2) is 29.2 Å². The maximum absolute atomic E-state index is 12.2. The summed E-state index contributed by atoms with van der Waals surface area (Å²) in [7, 11) is 0.582. The Morgan fingerprint density at radius 2 is 1.65 bits per heavy atom. The molecule has 0 atom stereocenters. The molecule has 1 N–H and O–H groups in total. The minimum absolute atomic E-state index is 0. The van der Waals surface area contributed by atoms with Gasteiger partial charge in [0, 0.05) is 37.6 Å². The van der Waals surface area contributed by atoms with Gasteiger partial charge in [0.05, 0.1) is 5.56 Å². The van der Waals surface area contributed by atoms with E-state index in [-0.39, 0.29) is 50.7 Å². The molecule has 1 radical (unpaired) electrons. The van der Waals surface area contributed by atoms with Crippen molar-refractivity contribution in [1.82, 2.24) is 0 Å². The molecule has 1 rings (SSSR count). The van der Waals surface area contributed by atoms with Gasteiger partial charge in [-0.2, -0.15) is 26.3 Å². The smallest absolute Gasteiger partial charge is 0.416 e. The van der Waals surface area contributed by atoms with Gasteiger partial charge in [-0.1, -0.05) is 0 Å². The summed E-state index contributed by atoms with van der Waals surface area (Å²) in [6.45, 7) is -0.400. The van der Waals surface area contributed by atoms with E-state index in [1.54, 1.807) is 0 Å². The third-order valence-electron chi connectivity index (χ3n) is 1.85. The van der Waals surface area contributed by atoms with Gasteiger partial charge in [-0.15, -0.1) is 0 Å². The van der Waals surface area contributed by atoms with Crippen LogP contribution >= 0.6 is 9.69 Å². The van der Waals surface area contributed by atoms with Crippen molar-refractivity contribution >= 4 is 19.7 Å². The molecule has 1 aromatic carbocycles. The minimum atomic E-state index is -4.50. The first-order valence-electron chi connectivity index (χ1n) is 4.65. The molecule has 0 aliphatic rings. The number of halogens is 4. The SMILES string of the molecule is [Cl][Rh+2].[NH-]CC[N-]S(=O)(=O)c1ccc(C(F)(F)F)cc1.[Y]. The first-order chi connectivity index (χ1) is 8.77. The van der Waals surface area contributed by atoms with E-state index in [0.717, 1.165) is 12.1 Å². The van der Waals surface area contributed by atoms with Crippen LogP contribution in [-0.2, 0) is 66.2 Å². The van der Waals surface area contributed by atoms with Gasteiger partial charge in [0.1, 0.15) is 10.0 Å². The van der Waals surface area contributed by atoms with E-state index in [4.69, 9.17) is 5.73 Å². The van der Waals surface area contributed by atoms with Crippen LogP contribution in [0, 0.1) is 0 Å². The Morgan fingerprint density at radius 1 is 1.20 bits per heavy atom. The summed E-state index contributed by atoms with van der Waals surface area (Å²) in [4.78, 5) is -0.307. The monoisotopic (exact) mass is 493 g/mol. The summed E-state index contributed by atoms with van der Waals surface area (Å²) in [6.07, 6.45) is -4.50. The van der Waals surface area contributed by atoms with Crippen molar-refractivity contribution in [3.63, 3.8) is 0 Å². The van der Waals surface area contributed by atoms with E-state index in [1.165, 1.54) is 0 Å². The molecule has 4 nitrogen and oxygen atoms in total. The molecule has 0 unspecified atom stereocenters. The van der Waals surface area contributed by atoms with E-state index in [0.29, 0.717) is 12.1 Å². The maximum atomic E-state index is 12.2. The summed E-state index contributed by atoms with van der Waals surface area (Å²) in [5.74, 6) is 0. The Balaban J connectivity index is 0. The molecule has 0 spiro atoms. The third-order valence-corrected chi connectivity index (χ3v) is 3.24. The molecule has 0 bridgehead atoms. The average molecular weight is 494 g/mol. The minimum Gasteiger partial charge on any atom is -0.679 e. The molecule has 0 saturated heterocycles. The Hall–Kier alpha value is 0.897. The summed E-state index contributed by atoms with van der Waals surface area (Å²) >= 11 is 2.02. The molecule has 1 aromatic rings. The molecule has 0 saturated carbocycles. The molecule has 0 fully saturated rings. The van der Waals surface area contributed by atoms with E-state index < -0.39 is 21.8 Å². The number of benzene rings is 1. The van der Waals surface area contributed by atoms with Gasteiger partial charge in [-0.25, -0.2) is 8.42 Å². The Bertz CT molecular complexity index is 485. The number of nitrogens with one attached hydrogen (secondary N) is 1. The van der Waals surface area contributed by atoms with Crippen molar-refractivity contribution in [3.8, 4) is 0 Å². The number of rotatable bonds is 4. The quantitative estimate of drug-likeness (QED) is 0.603. The summed E-state index contributed by atoms with van der Waals surface area (Å²) < 4.78 is 62.7. The van der Waals surface area contributed by atoms with Crippen molar-refractivity contribution < 1.29 is 71.6 Å². The van der Waals surface area contributed by atoms with Gasteiger partial charge in [0.15, 0.2) is 0 Å². The van der Waals surface area contributed by atoms with Crippen molar-refractivity contribution in [2.45, 2.75) is 11.1 Å². The average Bonchev–Trinajstić information content (AvgIpc) is 2.38. The summed E-state index contributed by atoms with van der Waals surface area (Å²) in [5, 5.41) is 0. The van der Waals surface area contributed by atoms with E-state index in [9.17, 15) is 21.6 Å². The predicted octanol–water partition coefficient (Wildman–Crippen LogP) is 3.50. The fraction of sp³-hybridized carbons (Fsp3) is 0.333. The molecular formula is C9H9ClF3N2O2RhSY. The standard InChI is InChI=1S/C9H9F3N2O2S.ClH.Rh.Y/c10-9(11,12)7-1-3-8(4-2-7)17(15,16)14-6-5-13;;;/h1-4,13H,5-6H2;1H;;/q-2;;+3;/p-1. The zero-order chi connectivity index (χ0) is 15.1. The van der Waals surface area contributed by atoms with E-state index in [1.807, 2.05) is 17.3 Å². The number of nitrogens with zero attached hydrogens (tertiary/aromatic N) is 1. The van der Waals surface area contributed by atoms with E-state index in [2.05, 4.69) is 14.4 Å². The van der Waals surface area contributed by atoms with Crippen LogP contribution in [0.25, 0.3) is 10.5 Å². The first-order valence-corrected chi connectivity index (χ1v) is 8.20. The van der Waals surface area contributed by atoms with Crippen molar-refractivity contribution in [3.05, 3.63) is 40.3 Å². The predicted molar refractivity (Wildman–Crippen MR) is 61.9 cm³/mol. The van der Waals surface area contributed by atoms with Crippen molar-refractivity contribution in [2.24, 2.45) is 0 Å². The molecule has 11 heteroatoms. The van der Waals surface area contributed by atoms with Crippen LogP contribution in [0.3, 0.4) is 0 Å². The van der Waals surface area contributed by atoms with Crippen LogP contribution < -0.4 is 0 Å². The first kappa shape index (κ1) is 23.2. The third kappa shape index (κ3) is 7.78. The fourth-order valence-corrected chi connectivity index (χ4v) is 2.02. The maximum Gasteiger partial charge on any atom is 0.416 e. The Morgan fingerprint density at radius 3 is 2.00 bits per heavy atom. The van der Waals surface area contributed by atoms with Crippen LogP contribution in [0.2, 0.25) is 0 Å². The van der Waals surface area contributed by atoms with Crippen LogP contribution in [0.1, 0.15) is 5.56 Å². The second-order valence-corrected chi connectivity index (χ2v) is 4.78. The van der Waals surface area contributed by atoms with Crippen LogP contribution in [-0.4, -0.2) is 21.5 Å². The van der Waals surface area contributed by atoms with Crippen molar-refractivity contribution in [2.75, 3.05) is 13.1 Å². The van der Waals surface area contributed by atoms with Crippen LogP contribution in [0.5, 0.6) is 0 Å². The molecule has 0 amide bonds. The number of hydrogen-bond donors (Lipinski definition) is 0. The Kier molecular flexibility index (Phi) is 12.3. The second-order valence-electron chi connectivity index (χ2n) is 3.10. The fourth-order valence-electron chi connectivity index (χ4n) is 1.06. The topological polar surface area (TPSA) is 72.0 Å². The normalized spacial score (nSPS) is 11.1. The van der Waals surface area contributed by atoms with Gasteiger partial charge >= 0.3 is 33.2 Å².